The second-order valence-electron chi connectivity index (χ2n) is 5.02. The van der Waals surface area contributed by atoms with Crippen LogP contribution in [0.1, 0.15) is 17.4 Å². The van der Waals surface area contributed by atoms with Gasteiger partial charge in [0.25, 0.3) is 0 Å². The van der Waals surface area contributed by atoms with Crippen molar-refractivity contribution in [1.82, 2.24) is 0 Å². The van der Waals surface area contributed by atoms with Crippen LogP contribution in [0.4, 0.5) is 13.8 Å². The van der Waals surface area contributed by atoms with Gasteiger partial charge in [-0.25, -0.2) is 13.8 Å². The number of ether oxygens (including phenoxy) is 1. The van der Waals surface area contributed by atoms with E-state index in [-0.39, 0.29) is 24.0 Å². The Hall–Kier alpha value is -2.74. The van der Waals surface area contributed by atoms with Gasteiger partial charge >= 0.3 is 5.97 Å². The normalized spacial score (nSPS) is 12.3. The maximum Gasteiger partial charge on any atom is 0.302 e. The number of halogens is 2. The highest BCUT2D eigenvalue weighted by molar-refractivity contribution is 7.15. The second-order valence-corrected chi connectivity index (χ2v) is 6.17. The van der Waals surface area contributed by atoms with Crippen LogP contribution in [0.25, 0.3) is 5.76 Å². The van der Waals surface area contributed by atoms with Crippen LogP contribution in [0, 0.1) is 11.6 Å². The number of carbonyl (C=O) groups excluding carboxylic acids is 1. The van der Waals surface area contributed by atoms with E-state index in [1.54, 1.807) is 6.07 Å². The zero-order valence-corrected chi connectivity index (χ0v) is 14.1. The van der Waals surface area contributed by atoms with Crippen molar-refractivity contribution in [2.75, 3.05) is 6.61 Å². The molecule has 0 radical (unpaired) electrons. The minimum absolute atomic E-state index is 0.0328. The van der Waals surface area contributed by atoms with E-state index in [4.69, 9.17) is 10.5 Å². The first kappa shape index (κ1) is 18.6. The van der Waals surface area contributed by atoms with Crippen molar-refractivity contribution in [3.05, 3.63) is 58.5 Å². The lowest BCUT2D eigenvalue weighted by atomic mass is 10.1. The van der Waals surface area contributed by atoms with E-state index < -0.39 is 17.4 Å². The van der Waals surface area contributed by atoms with Crippen molar-refractivity contribution in [3.8, 4) is 0 Å². The molecule has 0 saturated heterocycles. The first-order chi connectivity index (χ1) is 11.8. The molecule has 0 spiro atoms. The number of hydrogen-bond acceptors (Lipinski definition) is 5. The fourth-order valence-corrected chi connectivity index (χ4v) is 2.81. The Morgan fingerprint density at radius 1 is 1.36 bits per heavy atom. The number of benzene rings is 1. The quantitative estimate of drug-likeness (QED) is 0.353. The van der Waals surface area contributed by atoms with E-state index in [0.717, 1.165) is 23.1 Å². The molecule has 0 bridgehead atoms. The maximum atomic E-state index is 13.6. The van der Waals surface area contributed by atoms with Gasteiger partial charge < -0.3 is 15.6 Å². The van der Waals surface area contributed by atoms with Crippen molar-refractivity contribution in [3.63, 3.8) is 0 Å². The molecular weight excluding hydrogens is 350 g/mol. The fourth-order valence-electron chi connectivity index (χ4n) is 1.93. The monoisotopic (exact) mass is 366 g/mol. The molecule has 0 unspecified atom stereocenters. The zero-order chi connectivity index (χ0) is 18.4. The Morgan fingerprint density at radius 3 is 2.80 bits per heavy atom. The van der Waals surface area contributed by atoms with E-state index in [1.807, 2.05) is 6.07 Å². The molecule has 1 heterocycles. The Balaban J connectivity index is 2.07. The Labute approximate surface area is 147 Å². The molecule has 1 aromatic heterocycles. The summed E-state index contributed by atoms with van der Waals surface area (Å²) in [5, 5.41) is 10.5. The molecule has 132 valence electrons. The highest BCUT2D eigenvalue weighted by atomic mass is 32.1. The van der Waals surface area contributed by atoms with Gasteiger partial charge in [0.15, 0.2) is 0 Å². The van der Waals surface area contributed by atoms with Gasteiger partial charge in [-0.05, 0) is 24.3 Å². The summed E-state index contributed by atoms with van der Waals surface area (Å²) in [7, 11) is 0. The van der Waals surface area contributed by atoms with Gasteiger partial charge in [0, 0.05) is 30.4 Å². The minimum atomic E-state index is -0.898. The first-order valence-corrected chi connectivity index (χ1v) is 8.09. The number of nitrogens with two attached hydrogens (primary N) is 1. The van der Waals surface area contributed by atoms with Gasteiger partial charge in [-0.3, -0.25) is 4.79 Å². The molecular formula is C17H16F2N2O3S. The molecule has 0 saturated carbocycles. The Morgan fingerprint density at radius 2 is 2.12 bits per heavy atom. The molecule has 0 aliphatic carbocycles. The summed E-state index contributed by atoms with van der Waals surface area (Å²) in [6.07, 6.45) is 1.65. The summed E-state index contributed by atoms with van der Waals surface area (Å²) in [6, 6.07) is 6.36. The first-order valence-electron chi connectivity index (χ1n) is 7.27. The fraction of sp³-hybridized carbons (Fsp3) is 0.176. The predicted molar refractivity (Wildman–Crippen MR) is 92.9 cm³/mol. The van der Waals surface area contributed by atoms with Crippen LogP contribution in [0.2, 0.25) is 0 Å². The number of aliphatic hydroxyl groups excluding tert-OH is 1. The topological polar surface area (TPSA) is 84.9 Å². The number of nitrogens with zero attached hydrogens (tertiary/aromatic N) is 1. The smallest absolute Gasteiger partial charge is 0.302 e. The number of hydrogen-bond donors (Lipinski definition) is 2. The molecule has 0 amide bonds. The van der Waals surface area contributed by atoms with Gasteiger partial charge in [-0.1, -0.05) is 0 Å². The molecule has 8 heteroatoms. The molecule has 0 atom stereocenters. The third kappa shape index (κ3) is 5.68. The van der Waals surface area contributed by atoms with Crippen LogP contribution in [0.3, 0.4) is 0 Å². The summed E-state index contributed by atoms with van der Waals surface area (Å²) in [6.45, 7) is 1.62. The zero-order valence-electron chi connectivity index (χ0n) is 13.3. The van der Waals surface area contributed by atoms with Crippen molar-refractivity contribution >= 4 is 33.9 Å². The van der Waals surface area contributed by atoms with E-state index in [9.17, 15) is 18.7 Å². The molecule has 1 aromatic carbocycles. The lowest BCUT2D eigenvalue weighted by molar-refractivity contribution is -0.140. The van der Waals surface area contributed by atoms with Crippen molar-refractivity contribution in [1.29, 1.82) is 0 Å². The third-order valence-corrected chi connectivity index (χ3v) is 4.07. The Bertz CT molecular complexity index is 831. The summed E-state index contributed by atoms with van der Waals surface area (Å²) in [4.78, 5) is 15.8. The van der Waals surface area contributed by atoms with E-state index >= 15 is 0 Å². The van der Waals surface area contributed by atoms with Gasteiger partial charge in [0.05, 0.1) is 12.2 Å². The summed E-state index contributed by atoms with van der Waals surface area (Å²) < 4.78 is 31.3. The summed E-state index contributed by atoms with van der Waals surface area (Å²) in [5.41, 5.74) is 5.55. The molecule has 0 fully saturated rings. The highest BCUT2D eigenvalue weighted by Crippen LogP contribution is 2.25. The average molecular weight is 366 g/mol. The van der Waals surface area contributed by atoms with Crippen molar-refractivity contribution in [2.24, 2.45) is 10.7 Å². The predicted octanol–water partition coefficient (Wildman–Crippen LogP) is 3.72. The third-order valence-electron chi connectivity index (χ3n) is 3.03. The lowest BCUT2D eigenvalue weighted by Crippen LogP contribution is -2.08. The molecule has 25 heavy (non-hydrogen) atoms. The number of carbonyl (C=O) groups is 1. The van der Waals surface area contributed by atoms with Crippen LogP contribution in [0.15, 0.2) is 41.4 Å². The van der Waals surface area contributed by atoms with E-state index in [0.29, 0.717) is 17.5 Å². The van der Waals surface area contributed by atoms with Gasteiger partial charge in [-0.2, -0.15) is 0 Å². The van der Waals surface area contributed by atoms with E-state index in [1.165, 1.54) is 18.3 Å². The lowest BCUT2D eigenvalue weighted by Gasteiger charge is -2.02. The van der Waals surface area contributed by atoms with Crippen molar-refractivity contribution < 1.29 is 23.4 Å². The molecule has 3 N–H and O–H groups in total. The van der Waals surface area contributed by atoms with Crippen LogP contribution < -0.4 is 5.73 Å². The molecule has 2 aromatic rings. The number of rotatable bonds is 6. The molecule has 5 nitrogen and oxygen atoms in total. The largest absolute Gasteiger partial charge is 0.507 e. The number of aliphatic imine (C=N–C) groups is 1. The van der Waals surface area contributed by atoms with Gasteiger partial charge in [0.1, 0.15) is 28.2 Å². The molecule has 0 aliphatic rings. The van der Waals surface area contributed by atoms with Crippen LogP contribution in [0.5, 0.6) is 0 Å². The maximum absolute atomic E-state index is 13.6. The van der Waals surface area contributed by atoms with Crippen LogP contribution >= 0.6 is 11.3 Å². The van der Waals surface area contributed by atoms with Crippen molar-refractivity contribution in [2.45, 2.75) is 13.3 Å². The van der Waals surface area contributed by atoms with Crippen LogP contribution in [-0.4, -0.2) is 23.5 Å². The highest BCUT2D eigenvalue weighted by Gasteiger charge is 2.08. The van der Waals surface area contributed by atoms with E-state index in [2.05, 4.69) is 4.99 Å². The summed E-state index contributed by atoms with van der Waals surface area (Å²) in [5.74, 6) is -2.46. The second kappa shape index (κ2) is 8.39. The van der Waals surface area contributed by atoms with Gasteiger partial charge in [-0.15, -0.1) is 11.3 Å². The summed E-state index contributed by atoms with van der Waals surface area (Å²) >= 11 is 1.35. The number of aliphatic hydroxyl groups is 1. The van der Waals surface area contributed by atoms with Crippen LogP contribution in [-0.2, 0) is 16.0 Å². The standard InChI is InChI=1S/C17H16F2N2O3S/c1-10(22)24-7-6-12-3-5-17(25-12)21-16(20)9-15(23)13-4-2-11(18)8-14(13)19/h2-5,8-9,23H,6-7H2,1H3,(H2,20,21)/b15-9-. The number of thiophene rings is 1. The SMILES string of the molecule is CC(=O)OCCc1ccc(/N=C(N)/C=C(\O)c2ccc(F)cc2F)s1. The average Bonchev–Trinajstić information content (AvgIpc) is 2.93. The van der Waals surface area contributed by atoms with Gasteiger partial charge in [0.2, 0.25) is 0 Å². The Kier molecular flexibility index (Phi) is 6.24. The number of esters is 1. The minimum Gasteiger partial charge on any atom is -0.507 e. The molecule has 0 aliphatic heterocycles. The molecule has 2 rings (SSSR count). The number of amidine groups is 1.